The van der Waals surface area contributed by atoms with Gasteiger partial charge in [0, 0.05) is 31.5 Å². The molecular formula is C28H32FN7O. The zero-order valence-corrected chi connectivity index (χ0v) is 21.4. The van der Waals surface area contributed by atoms with E-state index in [0.717, 1.165) is 36.0 Å². The first-order chi connectivity index (χ1) is 17.8. The molecule has 2 N–H and O–H groups in total. The second kappa shape index (κ2) is 9.06. The standard InChI is InChI=1S/C28H32FN7O/c1-17-11-28(12-17,27-34-32-16-35(27)3)21-5-4-6-22(10-21)33-26(37)23-9-19(13-30-18(2)20-7-8-20)15-36-24(29)14-31-25(23)36/h4-6,9-10,14-18,20,30H,7-8,11-13H2,1-3H3,(H,33,37)/t17?,18-,28?/m0/s1. The number of hydrogen-bond donors (Lipinski definition) is 2. The van der Waals surface area contributed by atoms with Crippen LogP contribution in [-0.4, -0.2) is 36.1 Å². The maximum Gasteiger partial charge on any atom is 0.259 e. The second-order valence-electron chi connectivity index (χ2n) is 10.9. The van der Waals surface area contributed by atoms with Crippen molar-refractivity contribution >= 4 is 17.2 Å². The predicted molar refractivity (Wildman–Crippen MR) is 139 cm³/mol. The van der Waals surface area contributed by atoms with Crippen LogP contribution in [0, 0.1) is 17.8 Å². The number of anilines is 1. The first-order valence-electron chi connectivity index (χ1n) is 13.0. The van der Waals surface area contributed by atoms with E-state index in [0.29, 0.717) is 41.3 Å². The third kappa shape index (κ3) is 4.31. The minimum absolute atomic E-state index is 0.227. The van der Waals surface area contributed by atoms with Gasteiger partial charge in [-0.3, -0.25) is 9.20 Å². The normalized spacial score (nSPS) is 22.1. The van der Waals surface area contributed by atoms with Crippen LogP contribution < -0.4 is 10.6 Å². The van der Waals surface area contributed by atoms with E-state index < -0.39 is 5.95 Å². The van der Waals surface area contributed by atoms with E-state index >= 15 is 0 Å². The van der Waals surface area contributed by atoms with E-state index in [1.165, 1.54) is 17.2 Å². The molecule has 1 aromatic carbocycles. The maximum absolute atomic E-state index is 14.5. The topological polar surface area (TPSA) is 89.1 Å². The molecule has 0 bridgehead atoms. The number of aryl methyl sites for hydroxylation is 1. The number of nitrogens with zero attached hydrogens (tertiary/aromatic N) is 5. The summed E-state index contributed by atoms with van der Waals surface area (Å²) in [5.74, 6) is 1.40. The summed E-state index contributed by atoms with van der Waals surface area (Å²) in [6.45, 7) is 4.97. The highest BCUT2D eigenvalue weighted by molar-refractivity contribution is 6.08. The van der Waals surface area contributed by atoms with Crippen LogP contribution in [0.1, 0.15) is 66.8 Å². The Hall–Kier alpha value is -3.59. The number of rotatable bonds is 8. The van der Waals surface area contributed by atoms with Gasteiger partial charge in [0.05, 0.1) is 17.2 Å². The number of carbonyl (C=O) groups excluding carboxylic acids is 1. The molecule has 2 fully saturated rings. The molecule has 2 saturated carbocycles. The fourth-order valence-electron chi connectivity index (χ4n) is 5.91. The van der Waals surface area contributed by atoms with Crippen molar-refractivity contribution in [2.24, 2.45) is 18.9 Å². The summed E-state index contributed by atoms with van der Waals surface area (Å²) in [5.41, 5.74) is 3.03. The molecule has 9 heteroatoms. The van der Waals surface area contributed by atoms with E-state index in [2.05, 4.69) is 45.7 Å². The van der Waals surface area contributed by atoms with Crippen LogP contribution in [0.2, 0.25) is 0 Å². The third-order valence-electron chi connectivity index (χ3n) is 8.03. The Balaban J connectivity index is 1.28. The van der Waals surface area contributed by atoms with Gasteiger partial charge in [-0.1, -0.05) is 19.1 Å². The molecular weight excluding hydrogens is 469 g/mol. The lowest BCUT2D eigenvalue weighted by molar-refractivity contribution is 0.102. The summed E-state index contributed by atoms with van der Waals surface area (Å²) in [4.78, 5) is 17.7. The predicted octanol–water partition coefficient (Wildman–Crippen LogP) is 4.46. The Labute approximate surface area is 215 Å². The van der Waals surface area contributed by atoms with Crippen molar-refractivity contribution < 1.29 is 9.18 Å². The SMILES string of the molecule is CC1CC(c2cccc(NC(=O)c3cc(CN[C@@H](C)C4CC4)cn4c(F)cnc34)c2)(c2nncn2C)C1. The van der Waals surface area contributed by atoms with Gasteiger partial charge < -0.3 is 15.2 Å². The number of benzene rings is 1. The molecule has 8 nitrogen and oxygen atoms in total. The number of carbonyl (C=O) groups is 1. The molecule has 3 aromatic heterocycles. The Kier molecular flexibility index (Phi) is 5.82. The number of halogens is 1. The number of pyridine rings is 1. The van der Waals surface area contributed by atoms with Gasteiger partial charge in [0.25, 0.3) is 5.91 Å². The van der Waals surface area contributed by atoms with Gasteiger partial charge in [-0.05, 0) is 73.8 Å². The number of nitrogens with one attached hydrogen (secondary N) is 2. The first kappa shape index (κ1) is 23.8. The summed E-state index contributed by atoms with van der Waals surface area (Å²) < 4.78 is 17.8. The largest absolute Gasteiger partial charge is 0.322 e. The van der Waals surface area contributed by atoms with E-state index in [1.807, 2.05) is 35.9 Å². The molecule has 192 valence electrons. The zero-order chi connectivity index (χ0) is 25.7. The van der Waals surface area contributed by atoms with Crippen LogP contribution in [0.4, 0.5) is 10.1 Å². The smallest absolute Gasteiger partial charge is 0.259 e. The molecule has 0 spiro atoms. The number of imidazole rings is 1. The number of amides is 1. The molecule has 0 saturated heterocycles. The van der Waals surface area contributed by atoms with Crippen LogP contribution in [0.15, 0.2) is 49.1 Å². The molecule has 4 aromatic rings. The Morgan fingerprint density at radius 3 is 2.78 bits per heavy atom. The second-order valence-corrected chi connectivity index (χ2v) is 10.9. The highest BCUT2D eigenvalue weighted by Gasteiger charge is 2.48. The molecule has 2 aliphatic rings. The molecule has 0 aliphatic heterocycles. The Morgan fingerprint density at radius 1 is 1.27 bits per heavy atom. The number of fused-ring (bicyclic) bond motifs is 1. The van der Waals surface area contributed by atoms with Crippen molar-refractivity contribution in [1.82, 2.24) is 29.5 Å². The van der Waals surface area contributed by atoms with Crippen molar-refractivity contribution in [1.29, 1.82) is 0 Å². The van der Waals surface area contributed by atoms with E-state index in [-0.39, 0.29) is 11.3 Å². The fraction of sp³-hybridized carbons (Fsp3) is 0.429. The van der Waals surface area contributed by atoms with Crippen molar-refractivity contribution in [3.8, 4) is 0 Å². The molecule has 6 rings (SSSR count). The van der Waals surface area contributed by atoms with Crippen molar-refractivity contribution in [2.75, 3.05) is 5.32 Å². The van der Waals surface area contributed by atoms with Gasteiger partial charge in [0.1, 0.15) is 12.2 Å². The minimum Gasteiger partial charge on any atom is -0.322 e. The number of hydrogen-bond acceptors (Lipinski definition) is 5. The lowest BCUT2D eigenvalue weighted by atomic mass is 9.58. The summed E-state index contributed by atoms with van der Waals surface area (Å²) in [5, 5.41) is 15.1. The average Bonchev–Trinajstić information content (AvgIpc) is 3.54. The summed E-state index contributed by atoms with van der Waals surface area (Å²) in [6.07, 6.45) is 9.02. The Morgan fingerprint density at radius 2 is 2.08 bits per heavy atom. The minimum atomic E-state index is -0.493. The lowest BCUT2D eigenvalue weighted by Crippen LogP contribution is -2.43. The fourth-order valence-corrected chi connectivity index (χ4v) is 5.91. The molecule has 1 amide bonds. The summed E-state index contributed by atoms with van der Waals surface area (Å²) in [7, 11) is 1.97. The van der Waals surface area contributed by atoms with Crippen LogP contribution in [0.25, 0.3) is 5.65 Å². The van der Waals surface area contributed by atoms with E-state index in [9.17, 15) is 9.18 Å². The Bertz CT molecular complexity index is 1460. The highest BCUT2D eigenvalue weighted by Crippen LogP contribution is 2.51. The van der Waals surface area contributed by atoms with Gasteiger partial charge >= 0.3 is 0 Å². The van der Waals surface area contributed by atoms with Crippen LogP contribution >= 0.6 is 0 Å². The monoisotopic (exact) mass is 501 g/mol. The number of aromatic nitrogens is 5. The maximum atomic E-state index is 14.5. The molecule has 0 radical (unpaired) electrons. The van der Waals surface area contributed by atoms with Crippen LogP contribution in [0.5, 0.6) is 0 Å². The average molecular weight is 502 g/mol. The molecule has 37 heavy (non-hydrogen) atoms. The van der Waals surface area contributed by atoms with Crippen molar-refractivity contribution in [3.63, 3.8) is 0 Å². The highest BCUT2D eigenvalue weighted by atomic mass is 19.1. The molecule has 2 aliphatic carbocycles. The molecule has 3 heterocycles. The van der Waals surface area contributed by atoms with Gasteiger partial charge in [-0.2, -0.15) is 4.39 Å². The lowest BCUT2D eigenvalue weighted by Gasteiger charge is -2.46. The molecule has 1 atom stereocenters. The van der Waals surface area contributed by atoms with E-state index in [1.54, 1.807) is 12.5 Å². The van der Waals surface area contributed by atoms with Crippen molar-refractivity contribution in [2.45, 2.75) is 57.5 Å². The molecule has 0 unspecified atom stereocenters. The summed E-state index contributed by atoms with van der Waals surface area (Å²) in [6, 6.07) is 10.1. The third-order valence-corrected chi connectivity index (χ3v) is 8.03. The van der Waals surface area contributed by atoms with Gasteiger partial charge in [0.15, 0.2) is 5.65 Å². The first-order valence-corrected chi connectivity index (χ1v) is 13.0. The van der Waals surface area contributed by atoms with Gasteiger partial charge in [0.2, 0.25) is 5.95 Å². The van der Waals surface area contributed by atoms with Gasteiger partial charge in [-0.25, -0.2) is 4.98 Å². The zero-order valence-electron chi connectivity index (χ0n) is 21.4. The van der Waals surface area contributed by atoms with Gasteiger partial charge in [-0.15, -0.1) is 10.2 Å². The van der Waals surface area contributed by atoms with Crippen LogP contribution in [0.3, 0.4) is 0 Å². The van der Waals surface area contributed by atoms with E-state index in [4.69, 9.17) is 0 Å². The van der Waals surface area contributed by atoms with Crippen molar-refractivity contribution in [3.05, 3.63) is 77.5 Å². The summed E-state index contributed by atoms with van der Waals surface area (Å²) >= 11 is 0. The van der Waals surface area contributed by atoms with Crippen LogP contribution in [-0.2, 0) is 19.0 Å². The quantitative estimate of drug-likeness (QED) is 0.372.